The molecule has 2 fully saturated rings. The van der Waals surface area contributed by atoms with Gasteiger partial charge < -0.3 is 15.1 Å². The van der Waals surface area contributed by atoms with E-state index in [9.17, 15) is 14.4 Å². The number of piperidine rings is 1. The Hall–Kier alpha value is -2.37. The van der Waals surface area contributed by atoms with E-state index in [2.05, 4.69) is 5.32 Å². The molecule has 6 heteroatoms. The van der Waals surface area contributed by atoms with Crippen LogP contribution in [-0.4, -0.2) is 60.2 Å². The number of amides is 3. The van der Waals surface area contributed by atoms with Gasteiger partial charge in [0.15, 0.2) is 0 Å². The van der Waals surface area contributed by atoms with Gasteiger partial charge in [0, 0.05) is 44.7 Å². The van der Waals surface area contributed by atoms with Gasteiger partial charge in [-0.3, -0.25) is 14.4 Å². The van der Waals surface area contributed by atoms with E-state index in [1.54, 1.807) is 4.90 Å². The smallest absolute Gasteiger partial charge is 0.253 e. The molecule has 0 aromatic heterocycles. The van der Waals surface area contributed by atoms with Crippen LogP contribution in [-0.2, 0) is 9.59 Å². The average molecular weight is 400 g/mol. The van der Waals surface area contributed by atoms with Crippen LogP contribution in [0.5, 0.6) is 0 Å². The Bertz CT molecular complexity index is 709. The van der Waals surface area contributed by atoms with Crippen molar-refractivity contribution in [3.05, 3.63) is 35.4 Å². The zero-order valence-corrected chi connectivity index (χ0v) is 17.5. The number of carbonyl (C=O) groups is 3. The van der Waals surface area contributed by atoms with E-state index in [1.165, 1.54) is 12.8 Å². The molecule has 0 radical (unpaired) electrons. The number of hydrogen-bond acceptors (Lipinski definition) is 3. The number of hydrogen-bond donors (Lipinski definition) is 1. The molecule has 0 bridgehead atoms. The highest BCUT2D eigenvalue weighted by molar-refractivity contribution is 5.94. The molecule has 158 valence electrons. The molecule has 0 aliphatic carbocycles. The first kappa shape index (κ1) is 21.3. The molecule has 1 unspecified atom stereocenters. The van der Waals surface area contributed by atoms with Gasteiger partial charge in [0.05, 0.1) is 5.92 Å². The molecule has 2 saturated heterocycles. The van der Waals surface area contributed by atoms with Gasteiger partial charge in [0.2, 0.25) is 11.8 Å². The molecule has 3 rings (SSSR count). The Kier molecular flexibility index (Phi) is 7.67. The lowest BCUT2D eigenvalue weighted by Crippen LogP contribution is -2.46. The second-order valence-corrected chi connectivity index (χ2v) is 8.29. The number of aryl methyl sites for hydroxylation is 1. The minimum absolute atomic E-state index is 0.0150. The molecule has 1 aromatic carbocycles. The Morgan fingerprint density at radius 1 is 0.931 bits per heavy atom. The molecular formula is C23H33N3O3. The Morgan fingerprint density at radius 2 is 1.59 bits per heavy atom. The SMILES string of the molecule is Cc1ccc(C(=O)N2CCCC(C(=O)NCCC(=O)N3CCCCCC3)C2)cc1. The van der Waals surface area contributed by atoms with Gasteiger partial charge in [-0.2, -0.15) is 0 Å². The van der Waals surface area contributed by atoms with Crippen molar-refractivity contribution in [2.75, 3.05) is 32.7 Å². The van der Waals surface area contributed by atoms with Crippen molar-refractivity contribution in [1.82, 2.24) is 15.1 Å². The monoisotopic (exact) mass is 399 g/mol. The van der Waals surface area contributed by atoms with Gasteiger partial charge in [0.25, 0.3) is 5.91 Å². The third kappa shape index (κ3) is 6.05. The van der Waals surface area contributed by atoms with E-state index in [1.807, 2.05) is 36.1 Å². The van der Waals surface area contributed by atoms with E-state index in [0.717, 1.165) is 44.3 Å². The molecular weight excluding hydrogens is 366 g/mol. The minimum atomic E-state index is -0.202. The van der Waals surface area contributed by atoms with Crippen molar-refractivity contribution in [2.24, 2.45) is 5.92 Å². The lowest BCUT2D eigenvalue weighted by Gasteiger charge is -2.32. The number of likely N-dealkylation sites (tertiary alicyclic amines) is 2. The molecule has 2 aliphatic rings. The third-order valence-electron chi connectivity index (χ3n) is 5.97. The van der Waals surface area contributed by atoms with Crippen molar-refractivity contribution < 1.29 is 14.4 Å². The largest absolute Gasteiger partial charge is 0.355 e. The van der Waals surface area contributed by atoms with Crippen LogP contribution in [0, 0.1) is 12.8 Å². The van der Waals surface area contributed by atoms with Crippen LogP contribution in [0.15, 0.2) is 24.3 Å². The summed E-state index contributed by atoms with van der Waals surface area (Å²) in [4.78, 5) is 41.4. The molecule has 6 nitrogen and oxygen atoms in total. The van der Waals surface area contributed by atoms with Crippen molar-refractivity contribution >= 4 is 17.7 Å². The fourth-order valence-corrected chi connectivity index (χ4v) is 4.17. The normalized spacial score (nSPS) is 20.1. The molecule has 3 amide bonds. The highest BCUT2D eigenvalue weighted by Gasteiger charge is 2.29. The summed E-state index contributed by atoms with van der Waals surface area (Å²) in [6.07, 6.45) is 6.49. The summed E-state index contributed by atoms with van der Waals surface area (Å²) in [5.74, 6) is -0.132. The molecule has 29 heavy (non-hydrogen) atoms. The lowest BCUT2D eigenvalue weighted by atomic mass is 9.96. The maximum absolute atomic E-state index is 12.7. The van der Waals surface area contributed by atoms with E-state index < -0.39 is 0 Å². The van der Waals surface area contributed by atoms with Crippen LogP contribution in [0.1, 0.15) is 60.9 Å². The lowest BCUT2D eigenvalue weighted by molar-refractivity contribution is -0.131. The van der Waals surface area contributed by atoms with Gasteiger partial charge in [0.1, 0.15) is 0 Å². The standard InChI is InChI=1S/C23H33N3O3/c1-18-8-10-19(11-9-18)23(29)26-16-6-7-20(17-26)22(28)24-13-12-21(27)25-14-4-2-3-5-15-25/h8-11,20H,2-7,12-17H2,1H3,(H,24,28). The van der Waals surface area contributed by atoms with Gasteiger partial charge in [-0.25, -0.2) is 0 Å². The van der Waals surface area contributed by atoms with E-state index in [0.29, 0.717) is 31.6 Å². The minimum Gasteiger partial charge on any atom is -0.355 e. The van der Waals surface area contributed by atoms with Crippen LogP contribution in [0.4, 0.5) is 0 Å². The van der Waals surface area contributed by atoms with Crippen molar-refractivity contribution in [1.29, 1.82) is 0 Å². The molecule has 1 aromatic rings. The zero-order chi connectivity index (χ0) is 20.6. The number of nitrogens with zero attached hydrogens (tertiary/aromatic N) is 2. The van der Waals surface area contributed by atoms with Gasteiger partial charge in [-0.05, 0) is 44.7 Å². The zero-order valence-electron chi connectivity index (χ0n) is 17.5. The fraction of sp³-hybridized carbons (Fsp3) is 0.609. The number of rotatable bonds is 5. The van der Waals surface area contributed by atoms with E-state index >= 15 is 0 Å². The van der Waals surface area contributed by atoms with Crippen LogP contribution < -0.4 is 5.32 Å². The van der Waals surface area contributed by atoms with Gasteiger partial charge in [-0.15, -0.1) is 0 Å². The maximum atomic E-state index is 12.7. The van der Waals surface area contributed by atoms with E-state index in [4.69, 9.17) is 0 Å². The first-order valence-electron chi connectivity index (χ1n) is 11.0. The highest BCUT2D eigenvalue weighted by atomic mass is 16.2. The first-order chi connectivity index (χ1) is 14.0. The topological polar surface area (TPSA) is 69.7 Å². The van der Waals surface area contributed by atoms with E-state index in [-0.39, 0.29) is 23.6 Å². The highest BCUT2D eigenvalue weighted by Crippen LogP contribution is 2.19. The van der Waals surface area contributed by atoms with Crippen LogP contribution in [0.25, 0.3) is 0 Å². The molecule has 1 atom stereocenters. The van der Waals surface area contributed by atoms with Gasteiger partial charge in [-0.1, -0.05) is 30.5 Å². The fourth-order valence-electron chi connectivity index (χ4n) is 4.17. The second-order valence-electron chi connectivity index (χ2n) is 8.29. The van der Waals surface area contributed by atoms with Crippen LogP contribution in [0.3, 0.4) is 0 Å². The molecule has 1 N–H and O–H groups in total. The predicted octanol–water partition coefficient (Wildman–Crippen LogP) is 2.76. The van der Waals surface area contributed by atoms with Gasteiger partial charge >= 0.3 is 0 Å². The van der Waals surface area contributed by atoms with Crippen LogP contribution in [0.2, 0.25) is 0 Å². The maximum Gasteiger partial charge on any atom is 0.253 e. The first-order valence-corrected chi connectivity index (χ1v) is 11.0. The van der Waals surface area contributed by atoms with Crippen molar-refractivity contribution in [2.45, 2.75) is 51.9 Å². The number of carbonyl (C=O) groups excluding carboxylic acids is 3. The summed E-state index contributed by atoms with van der Waals surface area (Å²) in [5.41, 5.74) is 1.78. The summed E-state index contributed by atoms with van der Waals surface area (Å²) in [6, 6.07) is 7.55. The summed E-state index contributed by atoms with van der Waals surface area (Å²) < 4.78 is 0. The quantitative estimate of drug-likeness (QED) is 0.828. The second kappa shape index (κ2) is 10.4. The summed E-state index contributed by atoms with van der Waals surface area (Å²) >= 11 is 0. The average Bonchev–Trinajstić information content (AvgIpc) is 3.03. The Morgan fingerprint density at radius 3 is 2.28 bits per heavy atom. The molecule has 2 heterocycles. The molecule has 0 saturated carbocycles. The number of nitrogens with one attached hydrogen (secondary N) is 1. The summed E-state index contributed by atoms with van der Waals surface area (Å²) in [7, 11) is 0. The Balaban J connectivity index is 1.45. The summed E-state index contributed by atoms with van der Waals surface area (Å²) in [5, 5.41) is 2.92. The van der Waals surface area contributed by atoms with Crippen LogP contribution >= 0.6 is 0 Å². The Labute approximate surface area is 173 Å². The molecule has 2 aliphatic heterocycles. The predicted molar refractivity (Wildman–Crippen MR) is 112 cm³/mol. The molecule has 0 spiro atoms. The number of benzene rings is 1. The summed E-state index contributed by atoms with van der Waals surface area (Å²) in [6.45, 7) is 5.17. The van der Waals surface area contributed by atoms with Crippen molar-refractivity contribution in [3.8, 4) is 0 Å². The third-order valence-corrected chi connectivity index (χ3v) is 5.97. The van der Waals surface area contributed by atoms with Crippen molar-refractivity contribution in [3.63, 3.8) is 0 Å².